The first kappa shape index (κ1) is 18.6. The van der Waals surface area contributed by atoms with Crippen LogP contribution in [0.4, 0.5) is 0 Å². The summed E-state index contributed by atoms with van der Waals surface area (Å²) in [5, 5.41) is 0. The summed E-state index contributed by atoms with van der Waals surface area (Å²) in [6.07, 6.45) is 1.93. The van der Waals surface area contributed by atoms with Gasteiger partial charge >= 0.3 is 11.9 Å². The summed E-state index contributed by atoms with van der Waals surface area (Å²) >= 11 is 0. The van der Waals surface area contributed by atoms with Crippen molar-refractivity contribution < 1.29 is 23.8 Å². The van der Waals surface area contributed by atoms with Crippen LogP contribution in [0.5, 0.6) is 0 Å². The number of rotatable bonds is 6. The number of fused-ring (bicyclic) bond motifs is 1. The first-order chi connectivity index (χ1) is 12.6. The Morgan fingerprint density at radius 3 is 2.31 bits per heavy atom. The molecule has 140 valence electrons. The smallest absolute Gasteiger partial charge is 0.332 e. The van der Waals surface area contributed by atoms with Crippen LogP contribution < -0.4 is 0 Å². The highest BCUT2D eigenvalue weighted by Crippen LogP contribution is 2.44. The van der Waals surface area contributed by atoms with Crippen LogP contribution in [0.15, 0.2) is 29.8 Å². The van der Waals surface area contributed by atoms with Crippen molar-refractivity contribution in [3.8, 4) is 0 Å². The lowest BCUT2D eigenvalue weighted by Gasteiger charge is -2.33. The van der Waals surface area contributed by atoms with Crippen LogP contribution >= 0.6 is 0 Å². The van der Waals surface area contributed by atoms with Crippen molar-refractivity contribution in [1.29, 1.82) is 0 Å². The molecular formula is C20H25NO5. The van der Waals surface area contributed by atoms with E-state index in [0.717, 1.165) is 18.7 Å². The molecule has 0 spiro atoms. The van der Waals surface area contributed by atoms with E-state index < -0.39 is 17.4 Å². The average molecular weight is 359 g/mol. The van der Waals surface area contributed by atoms with Gasteiger partial charge in [0.05, 0.1) is 26.4 Å². The first-order valence-electron chi connectivity index (χ1n) is 9.09. The third-order valence-electron chi connectivity index (χ3n) is 4.84. The van der Waals surface area contributed by atoms with Crippen molar-refractivity contribution >= 4 is 18.0 Å². The summed E-state index contributed by atoms with van der Waals surface area (Å²) in [7, 11) is 0. The molecule has 26 heavy (non-hydrogen) atoms. The molecule has 3 rings (SSSR count). The zero-order valence-electron chi connectivity index (χ0n) is 15.3. The van der Waals surface area contributed by atoms with Gasteiger partial charge in [-0.25, -0.2) is 0 Å². The quantitative estimate of drug-likeness (QED) is 0.570. The van der Waals surface area contributed by atoms with E-state index in [-0.39, 0.29) is 13.2 Å². The lowest BCUT2D eigenvalue weighted by atomic mass is 9.76. The molecular weight excluding hydrogens is 334 g/mol. The standard InChI is InChI=1S/C20H25NO5/c1-3-25-18(22)20(19(23)26-4-2)16(14-21-9-11-24-12-10-21)13-15-7-5-6-8-17(15)20/h5-8,13H,3-4,9-12,14H2,1-2H3. The summed E-state index contributed by atoms with van der Waals surface area (Å²) < 4.78 is 16.1. The molecule has 1 aliphatic carbocycles. The van der Waals surface area contributed by atoms with Gasteiger partial charge in [-0.2, -0.15) is 0 Å². The van der Waals surface area contributed by atoms with Gasteiger partial charge in [-0.1, -0.05) is 30.3 Å². The van der Waals surface area contributed by atoms with E-state index in [0.29, 0.717) is 30.9 Å². The molecule has 0 amide bonds. The van der Waals surface area contributed by atoms with Gasteiger partial charge in [0.2, 0.25) is 5.41 Å². The summed E-state index contributed by atoms with van der Waals surface area (Å²) in [5.41, 5.74) is 0.676. The number of morpholine rings is 1. The van der Waals surface area contributed by atoms with Crippen LogP contribution in [0, 0.1) is 0 Å². The molecule has 1 heterocycles. The monoisotopic (exact) mass is 359 g/mol. The summed E-state index contributed by atoms with van der Waals surface area (Å²) in [6.45, 7) is 7.19. The Kier molecular flexibility index (Phi) is 5.74. The Labute approximate surface area is 153 Å². The molecule has 2 aliphatic rings. The minimum absolute atomic E-state index is 0.201. The van der Waals surface area contributed by atoms with Crippen molar-refractivity contribution in [2.45, 2.75) is 19.3 Å². The van der Waals surface area contributed by atoms with Crippen LogP contribution in [-0.4, -0.2) is 62.9 Å². The number of carbonyl (C=O) groups is 2. The number of hydrogen-bond donors (Lipinski definition) is 0. The molecule has 1 aliphatic heterocycles. The Hall–Kier alpha value is -2.18. The second kappa shape index (κ2) is 8.01. The van der Waals surface area contributed by atoms with Gasteiger partial charge in [0.15, 0.2) is 0 Å². The van der Waals surface area contributed by atoms with Crippen LogP contribution in [0.3, 0.4) is 0 Å². The molecule has 0 radical (unpaired) electrons. The average Bonchev–Trinajstić information content (AvgIpc) is 2.97. The van der Waals surface area contributed by atoms with Crippen LogP contribution in [-0.2, 0) is 29.2 Å². The van der Waals surface area contributed by atoms with E-state index in [1.807, 2.05) is 30.3 Å². The van der Waals surface area contributed by atoms with Gasteiger partial charge in [-0.3, -0.25) is 14.5 Å². The normalized spacial score (nSPS) is 18.8. The molecule has 1 saturated heterocycles. The SMILES string of the molecule is CCOC(=O)C1(C(=O)OCC)C(CN2CCOCC2)=Cc2ccccc21. The molecule has 1 aromatic carbocycles. The van der Waals surface area contributed by atoms with E-state index >= 15 is 0 Å². The largest absolute Gasteiger partial charge is 0.465 e. The Morgan fingerprint density at radius 2 is 1.69 bits per heavy atom. The molecule has 0 bridgehead atoms. The van der Waals surface area contributed by atoms with Crippen LogP contribution in [0.25, 0.3) is 6.08 Å². The second-order valence-corrected chi connectivity index (χ2v) is 6.34. The van der Waals surface area contributed by atoms with E-state index in [2.05, 4.69) is 4.90 Å². The van der Waals surface area contributed by atoms with Crippen LogP contribution in [0.2, 0.25) is 0 Å². The predicted molar refractivity (Wildman–Crippen MR) is 96.6 cm³/mol. The molecule has 1 fully saturated rings. The highest BCUT2D eigenvalue weighted by Gasteiger charge is 2.57. The second-order valence-electron chi connectivity index (χ2n) is 6.34. The number of hydrogen-bond acceptors (Lipinski definition) is 6. The lowest BCUT2D eigenvalue weighted by Crippen LogP contribution is -2.50. The summed E-state index contributed by atoms with van der Waals surface area (Å²) in [5.74, 6) is -1.13. The maximum absolute atomic E-state index is 13.1. The van der Waals surface area contributed by atoms with Gasteiger partial charge in [0, 0.05) is 19.6 Å². The van der Waals surface area contributed by atoms with Crippen molar-refractivity contribution in [2.75, 3.05) is 46.1 Å². The number of ether oxygens (including phenoxy) is 3. The van der Waals surface area contributed by atoms with Gasteiger partial charge < -0.3 is 14.2 Å². The molecule has 1 aromatic rings. The van der Waals surface area contributed by atoms with Gasteiger partial charge in [0.25, 0.3) is 0 Å². The van der Waals surface area contributed by atoms with Gasteiger partial charge in [0.1, 0.15) is 0 Å². The van der Waals surface area contributed by atoms with E-state index in [1.54, 1.807) is 13.8 Å². The van der Waals surface area contributed by atoms with Gasteiger partial charge in [-0.15, -0.1) is 0 Å². The molecule has 0 atom stereocenters. The van der Waals surface area contributed by atoms with Crippen molar-refractivity contribution in [3.05, 3.63) is 41.0 Å². The highest BCUT2D eigenvalue weighted by atomic mass is 16.6. The molecule has 6 heteroatoms. The Bertz CT molecular complexity index is 688. The number of carbonyl (C=O) groups excluding carboxylic acids is 2. The Balaban J connectivity index is 2.06. The third-order valence-corrected chi connectivity index (χ3v) is 4.84. The number of esters is 2. The minimum Gasteiger partial charge on any atom is -0.465 e. The minimum atomic E-state index is -1.53. The lowest BCUT2D eigenvalue weighted by molar-refractivity contribution is -0.162. The van der Waals surface area contributed by atoms with E-state index in [1.165, 1.54) is 0 Å². The summed E-state index contributed by atoms with van der Waals surface area (Å²) in [4.78, 5) is 28.4. The van der Waals surface area contributed by atoms with E-state index in [9.17, 15) is 9.59 Å². The van der Waals surface area contributed by atoms with Gasteiger partial charge in [-0.05, 0) is 30.5 Å². The zero-order chi connectivity index (χ0) is 18.6. The fourth-order valence-electron chi connectivity index (χ4n) is 3.64. The molecule has 0 N–H and O–H groups in total. The molecule has 0 saturated carbocycles. The fourth-order valence-corrected chi connectivity index (χ4v) is 3.64. The van der Waals surface area contributed by atoms with Crippen molar-refractivity contribution in [1.82, 2.24) is 4.90 Å². The summed E-state index contributed by atoms with van der Waals surface area (Å²) in [6, 6.07) is 7.45. The highest BCUT2D eigenvalue weighted by molar-refractivity contribution is 6.13. The first-order valence-corrected chi connectivity index (χ1v) is 9.09. The maximum atomic E-state index is 13.1. The van der Waals surface area contributed by atoms with Crippen molar-refractivity contribution in [3.63, 3.8) is 0 Å². The maximum Gasteiger partial charge on any atom is 0.332 e. The topological polar surface area (TPSA) is 65.1 Å². The Morgan fingerprint density at radius 1 is 1.08 bits per heavy atom. The van der Waals surface area contributed by atoms with E-state index in [4.69, 9.17) is 14.2 Å². The van der Waals surface area contributed by atoms with Crippen molar-refractivity contribution in [2.24, 2.45) is 0 Å². The molecule has 0 unspecified atom stereocenters. The zero-order valence-corrected chi connectivity index (χ0v) is 15.3. The third kappa shape index (κ3) is 3.15. The molecule has 6 nitrogen and oxygen atoms in total. The molecule has 0 aromatic heterocycles. The number of nitrogens with zero attached hydrogens (tertiary/aromatic N) is 1. The predicted octanol–water partition coefficient (Wildman–Crippen LogP) is 1.78. The number of benzene rings is 1. The van der Waals surface area contributed by atoms with Crippen LogP contribution in [0.1, 0.15) is 25.0 Å². The fraction of sp³-hybridized carbons (Fsp3) is 0.500.